The van der Waals surface area contributed by atoms with E-state index in [4.69, 9.17) is 0 Å². The van der Waals surface area contributed by atoms with Crippen molar-refractivity contribution in [3.8, 4) is 0 Å². The van der Waals surface area contributed by atoms with Crippen molar-refractivity contribution in [1.82, 2.24) is 9.91 Å². The molecule has 2 aromatic carbocycles. The van der Waals surface area contributed by atoms with E-state index in [2.05, 4.69) is 10.0 Å². The first-order valence-corrected chi connectivity index (χ1v) is 9.36. The van der Waals surface area contributed by atoms with Crippen LogP contribution in [0.4, 0.5) is 10.1 Å². The fourth-order valence-electron chi connectivity index (χ4n) is 3.60. The quantitative estimate of drug-likeness (QED) is 0.835. The number of piperazine rings is 1. The van der Waals surface area contributed by atoms with Gasteiger partial charge in [-0.3, -0.25) is 9.69 Å². The molecule has 0 aliphatic carbocycles. The first-order chi connectivity index (χ1) is 13.2. The van der Waals surface area contributed by atoms with Crippen LogP contribution in [0, 0.1) is 5.82 Å². The van der Waals surface area contributed by atoms with Crippen molar-refractivity contribution in [2.75, 3.05) is 44.2 Å². The fourth-order valence-corrected chi connectivity index (χ4v) is 3.60. The van der Waals surface area contributed by atoms with Gasteiger partial charge >= 0.3 is 0 Å². The van der Waals surface area contributed by atoms with E-state index in [-0.39, 0.29) is 11.7 Å². The van der Waals surface area contributed by atoms with Gasteiger partial charge in [-0.1, -0.05) is 42.5 Å². The highest BCUT2D eigenvalue weighted by atomic mass is 19.1. The number of amides is 1. The van der Waals surface area contributed by atoms with Gasteiger partial charge in [0.25, 0.3) is 5.91 Å². The molecule has 0 aromatic heterocycles. The van der Waals surface area contributed by atoms with Crippen LogP contribution in [0.1, 0.15) is 12.0 Å². The molecule has 2 aliphatic rings. The number of hydrogen-bond donors (Lipinski definition) is 0. The molecule has 1 amide bonds. The molecular formula is C21H23FN4O. The Bertz CT molecular complexity index is 831. The third-order valence-corrected chi connectivity index (χ3v) is 5.12. The first-order valence-electron chi connectivity index (χ1n) is 9.36. The van der Waals surface area contributed by atoms with Gasteiger partial charge in [-0.2, -0.15) is 5.10 Å². The van der Waals surface area contributed by atoms with E-state index in [1.807, 2.05) is 41.3 Å². The predicted octanol–water partition coefficient (Wildman–Crippen LogP) is 2.58. The third kappa shape index (κ3) is 4.01. The van der Waals surface area contributed by atoms with Crippen LogP contribution >= 0.6 is 0 Å². The second-order valence-corrected chi connectivity index (χ2v) is 6.89. The topological polar surface area (TPSA) is 39.2 Å². The summed E-state index contributed by atoms with van der Waals surface area (Å²) in [6, 6.07) is 16.8. The summed E-state index contributed by atoms with van der Waals surface area (Å²) in [4.78, 5) is 16.8. The highest BCUT2D eigenvalue weighted by Crippen LogP contribution is 2.20. The van der Waals surface area contributed by atoms with Gasteiger partial charge in [0.2, 0.25) is 0 Å². The zero-order valence-corrected chi connectivity index (χ0v) is 15.2. The number of carbonyl (C=O) groups is 1. The minimum Gasteiger partial charge on any atom is -0.367 e. The van der Waals surface area contributed by atoms with E-state index >= 15 is 0 Å². The third-order valence-electron chi connectivity index (χ3n) is 5.12. The molecule has 0 radical (unpaired) electrons. The molecule has 2 aromatic rings. The molecule has 4 rings (SSSR count). The first kappa shape index (κ1) is 17.7. The van der Waals surface area contributed by atoms with E-state index in [0.717, 1.165) is 30.8 Å². The number of hydrogen-bond acceptors (Lipinski definition) is 4. The SMILES string of the molecule is O=C(CN1CCN(c2ccccc2F)CC1)N1CCC(c2ccccc2)=N1. The van der Waals surface area contributed by atoms with Gasteiger partial charge in [-0.25, -0.2) is 9.40 Å². The predicted molar refractivity (Wildman–Crippen MR) is 104 cm³/mol. The zero-order chi connectivity index (χ0) is 18.6. The van der Waals surface area contributed by atoms with Crippen molar-refractivity contribution >= 4 is 17.3 Å². The van der Waals surface area contributed by atoms with E-state index in [9.17, 15) is 9.18 Å². The molecule has 1 saturated heterocycles. The lowest BCUT2D eigenvalue weighted by Gasteiger charge is -2.36. The number of anilines is 1. The van der Waals surface area contributed by atoms with Crippen LogP contribution in [-0.2, 0) is 4.79 Å². The summed E-state index contributed by atoms with van der Waals surface area (Å²) in [5.41, 5.74) is 2.68. The Kier molecular flexibility index (Phi) is 5.16. The Morgan fingerprint density at radius 2 is 1.63 bits per heavy atom. The average molecular weight is 366 g/mol. The number of carbonyl (C=O) groups excluding carboxylic acids is 1. The van der Waals surface area contributed by atoms with Gasteiger partial charge in [0.1, 0.15) is 5.82 Å². The summed E-state index contributed by atoms with van der Waals surface area (Å²) in [5.74, 6) is -0.165. The maximum absolute atomic E-state index is 13.9. The van der Waals surface area contributed by atoms with Crippen LogP contribution in [-0.4, -0.2) is 60.8 Å². The van der Waals surface area contributed by atoms with E-state index < -0.39 is 0 Å². The normalized spacial score (nSPS) is 17.9. The molecule has 5 nitrogen and oxygen atoms in total. The lowest BCUT2D eigenvalue weighted by molar-refractivity contribution is -0.132. The summed E-state index contributed by atoms with van der Waals surface area (Å²) in [5, 5.41) is 6.10. The standard InChI is InChI=1S/C21H23FN4O/c22-18-8-4-5-9-20(18)25-14-12-24(13-15-25)16-21(27)26-11-10-19(23-26)17-6-2-1-3-7-17/h1-9H,10-16H2. The fraction of sp³-hybridized carbons (Fsp3) is 0.333. The molecule has 0 spiro atoms. The van der Waals surface area contributed by atoms with E-state index in [1.165, 1.54) is 6.07 Å². The van der Waals surface area contributed by atoms with Crippen molar-refractivity contribution in [1.29, 1.82) is 0 Å². The Morgan fingerprint density at radius 1 is 0.926 bits per heavy atom. The molecule has 140 valence electrons. The molecule has 0 unspecified atom stereocenters. The maximum atomic E-state index is 13.9. The largest absolute Gasteiger partial charge is 0.367 e. The number of halogens is 1. The van der Waals surface area contributed by atoms with Crippen LogP contribution in [0.3, 0.4) is 0 Å². The smallest absolute Gasteiger partial charge is 0.256 e. The molecular weight excluding hydrogens is 343 g/mol. The van der Waals surface area contributed by atoms with Gasteiger partial charge in [-0.05, 0) is 17.7 Å². The minimum atomic E-state index is -0.193. The van der Waals surface area contributed by atoms with Crippen molar-refractivity contribution in [2.24, 2.45) is 5.10 Å². The molecule has 0 saturated carbocycles. The van der Waals surface area contributed by atoms with Crippen molar-refractivity contribution in [3.05, 3.63) is 66.0 Å². The van der Waals surface area contributed by atoms with Gasteiger partial charge in [-0.15, -0.1) is 0 Å². The summed E-state index contributed by atoms with van der Waals surface area (Å²) in [6.45, 7) is 3.90. The van der Waals surface area contributed by atoms with Crippen molar-refractivity contribution < 1.29 is 9.18 Å². The Morgan fingerprint density at radius 3 is 2.37 bits per heavy atom. The lowest BCUT2D eigenvalue weighted by atomic mass is 10.1. The summed E-state index contributed by atoms with van der Waals surface area (Å²) in [7, 11) is 0. The molecule has 2 heterocycles. The van der Waals surface area contributed by atoms with Crippen LogP contribution < -0.4 is 4.90 Å². The number of benzene rings is 2. The number of rotatable bonds is 4. The average Bonchev–Trinajstić information content (AvgIpc) is 3.20. The Hall–Kier alpha value is -2.73. The molecule has 6 heteroatoms. The van der Waals surface area contributed by atoms with Gasteiger partial charge < -0.3 is 4.90 Å². The maximum Gasteiger partial charge on any atom is 0.256 e. The van der Waals surface area contributed by atoms with Gasteiger partial charge in [0, 0.05) is 32.6 Å². The Balaban J connectivity index is 1.31. The van der Waals surface area contributed by atoms with Crippen molar-refractivity contribution in [3.63, 3.8) is 0 Å². The summed E-state index contributed by atoms with van der Waals surface area (Å²) < 4.78 is 13.9. The summed E-state index contributed by atoms with van der Waals surface area (Å²) >= 11 is 0. The van der Waals surface area contributed by atoms with Gasteiger partial charge in [0.05, 0.1) is 24.5 Å². The highest BCUT2D eigenvalue weighted by Gasteiger charge is 2.25. The van der Waals surface area contributed by atoms with Crippen LogP contribution in [0.5, 0.6) is 0 Å². The van der Waals surface area contributed by atoms with Gasteiger partial charge in [0.15, 0.2) is 0 Å². The highest BCUT2D eigenvalue weighted by molar-refractivity contribution is 6.02. The van der Waals surface area contributed by atoms with E-state index in [1.54, 1.807) is 17.1 Å². The van der Waals surface area contributed by atoms with Crippen LogP contribution in [0.25, 0.3) is 0 Å². The lowest BCUT2D eigenvalue weighted by Crippen LogP contribution is -2.49. The van der Waals surface area contributed by atoms with E-state index in [0.29, 0.717) is 31.9 Å². The second-order valence-electron chi connectivity index (χ2n) is 6.89. The number of para-hydroxylation sites is 1. The molecule has 1 fully saturated rings. The molecule has 0 N–H and O–H groups in total. The second kappa shape index (κ2) is 7.88. The minimum absolute atomic E-state index is 0.0280. The monoisotopic (exact) mass is 366 g/mol. The van der Waals surface area contributed by atoms with Crippen molar-refractivity contribution in [2.45, 2.75) is 6.42 Å². The molecule has 2 aliphatic heterocycles. The van der Waals surface area contributed by atoms with Crippen LogP contribution in [0.15, 0.2) is 59.7 Å². The molecule has 0 bridgehead atoms. The molecule has 27 heavy (non-hydrogen) atoms. The molecule has 0 atom stereocenters. The number of hydrazone groups is 1. The van der Waals surface area contributed by atoms with Crippen LogP contribution in [0.2, 0.25) is 0 Å². The number of nitrogens with zero attached hydrogens (tertiary/aromatic N) is 4. The zero-order valence-electron chi connectivity index (χ0n) is 15.2. The Labute approximate surface area is 158 Å². The summed E-state index contributed by atoms with van der Waals surface area (Å²) in [6.07, 6.45) is 0.789.